The first-order valence-electron chi connectivity index (χ1n) is 7.23. The van der Waals surface area contributed by atoms with Crippen molar-refractivity contribution in [2.24, 2.45) is 0 Å². The molecule has 0 heterocycles. The van der Waals surface area contributed by atoms with Crippen LogP contribution in [0.4, 0.5) is 0 Å². The molecule has 0 aliphatic heterocycles. The van der Waals surface area contributed by atoms with E-state index in [0.717, 1.165) is 10.9 Å². The van der Waals surface area contributed by atoms with Crippen molar-refractivity contribution in [3.8, 4) is 0 Å². The number of fused-ring (bicyclic) bond motifs is 1. The van der Waals surface area contributed by atoms with Crippen molar-refractivity contribution in [2.45, 2.75) is 31.6 Å². The zero-order valence-corrected chi connectivity index (χ0v) is 13.1. The Labute approximate surface area is 128 Å². The van der Waals surface area contributed by atoms with Crippen LogP contribution in [-0.2, 0) is 19.3 Å². The maximum Gasteiger partial charge on any atom is 0.0502 e. The Balaban J connectivity index is 1.79. The summed E-state index contributed by atoms with van der Waals surface area (Å²) in [5, 5.41) is 9.69. The molecule has 2 aromatic carbocycles. The van der Waals surface area contributed by atoms with E-state index in [0.29, 0.717) is 0 Å². The van der Waals surface area contributed by atoms with Crippen LogP contribution in [0.1, 0.15) is 34.6 Å². The Hall–Kier alpha value is -1.12. The third-order valence-electron chi connectivity index (χ3n) is 4.21. The molecule has 0 saturated carbocycles. The van der Waals surface area contributed by atoms with E-state index in [2.05, 4.69) is 46.3 Å². The molecule has 20 heavy (non-hydrogen) atoms. The number of rotatable bonds is 4. The molecule has 0 amide bonds. The summed E-state index contributed by atoms with van der Waals surface area (Å²) in [6.07, 6.45) is 4.64. The molecule has 1 aliphatic rings. The summed E-state index contributed by atoms with van der Waals surface area (Å²) in [4.78, 5) is 0. The molecule has 0 saturated heterocycles. The van der Waals surface area contributed by atoms with Gasteiger partial charge in [0.1, 0.15) is 0 Å². The van der Waals surface area contributed by atoms with E-state index < -0.39 is 0 Å². The lowest BCUT2D eigenvalue weighted by molar-refractivity contribution is 0.264. The third-order valence-corrected chi connectivity index (χ3v) is 4.74. The van der Waals surface area contributed by atoms with Gasteiger partial charge < -0.3 is 5.11 Å². The molecule has 0 radical (unpaired) electrons. The largest absolute Gasteiger partial charge is 0.396 e. The maximum absolute atomic E-state index is 9.69. The predicted octanol–water partition coefficient (Wildman–Crippen LogP) is 4.26. The number of aryl methyl sites for hydroxylation is 2. The van der Waals surface area contributed by atoms with E-state index >= 15 is 0 Å². The van der Waals surface area contributed by atoms with E-state index in [1.165, 1.54) is 41.5 Å². The number of hydrogen-bond donors (Lipinski definition) is 1. The monoisotopic (exact) mass is 330 g/mol. The SMILES string of the molecule is OCC(Cc1ccc2c(c1)CCC2)c1ccc(Br)cc1. The zero-order valence-electron chi connectivity index (χ0n) is 11.5. The summed E-state index contributed by atoms with van der Waals surface area (Å²) in [5.41, 5.74) is 5.57. The Morgan fingerprint density at radius 1 is 1.00 bits per heavy atom. The maximum atomic E-state index is 9.69. The topological polar surface area (TPSA) is 20.2 Å². The highest BCUT2D eigenvalue weighted by Gasteiger charge is 2.14. The number of aliphatic hydroxyl groups is 1. The second-order valence-electron chi connectivity index (χ2n) is 5.59. The average Bonchev–Trinajstić information content (AvgIpc) is 2.93. The zero-order chi connectivity index (χ0) is 13.9. The van der Waals surface area contributed by atoms with Gasteiger partial charge in [0, 0.05) is 10.4 Å². The molecule has 0 aromatic heterocycles. The molecule has 0 bridgehead atoms. The van der Waals surface area contributed by atoms with Gasteiger partial charge in [0.25, 0.3) is 0 Å². The minimum absolute atomic E-state index is 0.183. The highest BCUT2D eigenvalue weighted by Crippen LogP contribution is 2.27. The quantitative estimate of drug-likeness (QED) is 0.888. The number of aliphatic hydroxyl groups excluding tert-OH is 1. The van der Waals surface area contributed by atoms with Gasteiger partial charge in [-0.15, -0.1) is 0 Å². The van der Waals surface area contributed by atoms with Crippen LogP contribution in [0.5, 0.6) is 0 Å². The minimum Gasteiger partial charge on any atom is -0.396 e. The van der Waals surface area contributed by atoms with Gasteiger partial charge in [0.2, 0.25) is 0 Å². The molecule has 104 valence electrons. The number of benzene rings is 2. The molecule has 0 fully saturated rings. The van der Waals surface area contributed by atoms with Gasteiger partial charge >= 0.3 is 0 Å². The highest BCUT2D eigenvalue weighted by molar-refractivity contribution is 9.10. The highest BCUT2D eigenvalue weighted by atomic mass is 79.9. The third kappa shape index (κ3) is 2.97. The lowest BCUT2D eigenvalue weighted by Gasteiger charge is -2.15. The van der Waals surface area contributed by atoms with Crippen LogP contribution in [-0.4, -0.2) is 11.7 Å². The van der Waals surface area contributed by atoms with Crippen LogP contribution >= 0.6 is 15.9 Å². The molecule has 1 unspecified atom stereocenters. The molecular formula is C18H19BrO. The lowest BCUT2D eigenvalue weighted by atomic mass is 9.91. The normalized spacial score (nSPS) is 15.1. The number of halogens is 1. The van der Waals surface area contributed by atoms with Crippen molar-refractivity contribution in [1.29, 1.82) is 0 Å². The standard InChI is InChI=1S/C18H19BrO/c19-18-8-6-15(7-9-18)17(12-20)11-13-4-5-14-2-1-3-16(14)10-13/h4-10,17,20H,1-3,11-12H2. The van der Waals surface area contributed by atoms with E-state index in [-0.39, 0.29) is 12.5 Å². The van der Waals surface area contributed by atoms with Gasteiger partial charge in [-0.3, -0.25) is 0 Å². The van der Waals surface area contributed by atoms with E-state index in [9.17, 15) is 5.11 Å². The first-order chi connectivity index (χ1) is 9.76. The fourth-order valence-electron chi connectivity index (χ4n) is 3.06. The molecule has 2 aromatic rings. The minimum atomic E-state index is 0.183. The van der Waals surface area contributed by atoms with Gasteiger partial charge in [0.05, 0.1) is 6.61 Å². The van der Waals surface area contributed by atoms with Crippen molar-refractivity contribution in [1.82, 2.24) is 0 Å². The Kier molecular flexibility index (Phi) is 4.23. The molecular weight excluding hydrogens is 312 g/mol. The fourth-order valence-corrected chi connectivity index (χ4v) is 3.32. The van der Waals surface area contributed by atoms with Gasteiger partial charge in [-0.2, -0.15) is 0 Å². The second kappa shape index (κ2) is 6.11. The Bertz CT molecular complexity index is 589. The van der Waals surface area contributed by atoms with Crippen molar-refractivity contribution in [3.63, 3.8) is 0 Å². The van der Waals surface area contributed by atoms with Crippen molar-refractivity contribution in [2.75, 3.05) is 6.61 Å². The van der Waals surface area contributed by atoms with Crippen LogP contribution in [0, 0.1) is 0 Å². The lowest BCUT2D eigenvalue weighted by Crippen LogP contribution is -2.08. The first-order valence-corrected chi connectivity index (χ1v) is 8.02. The summed E-state index contributed by atoms with van der Waals surface area (Å²) < 4.78 is 1.08. The second-order valence-corrected chi connectivity index (χ2v) is 6.51. The van der Waals surface area contributed by atoms with Gasteiger partial charge in [-0.1, -0.05) is 46.3 Å². The smallest absolute Gasteiger partial charge is 0.0502 e. The molecule has 1 atom stereocenters. The van der Waals surface area contributed by atoms with Gasteiger partial charge in [-0.25, -0.2) is 0 Å². The Morgan fingerprint density at radius 3 is 2.50 bits per heavy atom. The predicted molar refractivity (Wildman–Crippen MR) is 86.1 cm³/mol. The van der Waals surface area contributed by atoms with Crippen LogP contribution in [0.15, 0.2) is 46.9 Å². The average molecular weight is 331 g/mol. The van der Waals surface area contributed by atoms with Crippen molar-refractivity contribution in [3.05, 3.63) is 69.2 Å². The van der Waals surface area contributed by atoms with E-state index in [1.807, 2.05) is 12.1 Å². The van der Waals surface area contributed by atoms with Crippen LogP contribution in [0.2, 0.25) is 0 Å². The van der Waals surface area contributed by atoms with Gasteiger partial charge in [-0.05, 0) is 60.1 Å². The molecule has 1 nitrogen and oxygen atoms in total. The molecule has 3 rings (SSSR count). The van der Waals surface area contributed by atoms with Crippen LogP contribution in [0.3, 0.4) is 0 Å². The molecule has 1 aliphatic carbocycles. The van der Waals surface area contributed by atoms with Crippen molar-refractivity contribution < 1.29 is 5.11 Å². The number of hydrogen-bond acceptors (Lipinski definition) is 1. The van der Waals surface area contributed by atoms with E-state index in [1.54, 1.807) is 0 Å². The van der Waals surface area contributed by atoms with E-state index in [4.69, 9.17) is 0 Å². The summed E-state index contributed by atoms with van der Waals surface area (Å²) in [5.74, 6) is 0.183. The summed E-state index contributed by atoms with van der Waals surface area (Å²) in [6.45, 7) is 0.193. The summed E-state index contributed by atoms with van der Waals surface area (Å²) in [7, 11) is 0. The molecule has 0 spiro atoms. The fraction of sp³-hybridized carbons (Fsp3) is 0.333. The summed E-state index contributed by atoms with van der Waals surface area (Å²) >= 11 is 3.45. The van der Waals surface area contributed by atoms with Crippen LogP contribution in [0.25, 0.3) is 0 Å². The molecule has 2 heteroatoms. The van der Waals surface area contributed by atoms with Crippen LogP contribution < -0.4 is 0 Å². The van der Waals surface area contributed by atoms with Gasteiger partial charge in [0.15, 0.2) is 0 Å². The van der Waals surface area contributed by atoms with Crippen molar-refractivity contribution >= 4 is 15.9 Å². The molecule has 1 N–H and O–H groups in total. The first kappa shape index (κ1) is 13.8. The summed E-state index contributed by atoms with van der Waals surface area (Å²) in [6, 6.07) is 15.1. The Morgan fingerprint density at radius 2 is 1.75 bits per heavy atom.